The first-order valence-corrected chi connectivity index (χ1v) is 8.47. The molecule has 0 aromatic carbocycles. The second-order valence-corrected chi connectivity index (χ2v) is 6.60. The Balaban J connectivity index is 1.63. The molecule has 0 radical (unpaired) electrons. The minimum Gasteiger partial charge on any atom is -0.349 e. The van der Waals surface area contributed by atoms with E-state index in [0.717, 1.165) is 31.7 Å². The van der Waals surface area contributed by atoms with E-state index < -0.39 is 0 Å². The molecule has 0 saturated heterocycles. The normalized spacial score (nSPS) is 16.7. The van der Waals surface area contributed by atoms with Gasteiger partial charge in [-0.3, -0.25) is 14.4 Å². The number of hydrogen-bond acceptors (Lipinski definition) is 5. The van der Waals surface area contributed by atoms with Gasteiger partial charge in [-0.2, -0.15) is 10.2 Å². The molecule has 0 fully saturated rings. The molecule has 1 aliphatic heterocycles. The second kappa shape index (κ2) is 7.12. The van der Waals surface area contributed by atoms with Crippen molar-refractivity contribution in [2.24, 2.45) is 0 Å². The number of hydrogen-bond donors (Lipinski definition) is 1. The third-order valence-corrected chi connectivity index (χ3v) is 4.45. The van der Waals surface area contributed by atoms with Gasteiger partial charge in [0, 0.05) is 32.2 Å². The quantitative estimate of drug-likeness (QED) is 0.887. The number of amides is 1. The molecule has 1 atom stereocenters. The van der Waals surface area contributed by atoms with Crippen LogP contribution in [0, 0.1) is 0 Å². The van der Waals surface area contributed by atoms with Gasteiger partial charge in [-0.15, -0.1) is 0 Å². The fraction of sp³-hybridized carbons (Fsp3) is 0.625. The largest absolute Gasteiger partial charge is 0.349 e. The van der Waals surface area contributed by atoms with Gasteiger partial charge in [0.2, 0.25) is 0 Å². The van der Waals surface area contributed by atoms with E-state index in [-0.39, 0.29) is 11.9 Å². The summed E-state index contributed by atoms with van der Waals surface area (Å²) in [5, 5.41) is 11.5. The lowest BCUT2D eigenvalue weighted by atomic mass is 10.2. The zero-order chi connectivity index (χ0) is 17.1. The lowest BCUT2D eigenvalue weighted by Crippen LogP contribution is -2.31. The van der Waals surface area contributed by atoms with Crippen molar-refractivity contribution in [3.8, 4) is 0 Å². The zero-order valence-electron chi connectivity index (χ0n) is 14.5. The molecule has 8 nitrogen and oxygen atoms in total. The van der Waals surface area contributed by atoms with E-state index in [1.165, 1.54) is 6.33 Å². The highest BCUT2D eigenvalue weighted by Crippen LogP contribution is 2.16. The van der Waals surface area contributed by atoms with Crippen molar-refractivity contribution in [3.05, 3.63) is 30.1 Å². The average molecular weight is 331 g/mol. The molecular weight excluding hydrogens is 306 g/mol. The molecule has 1 N–H and O–H groups in total. The molecule has 1 amide bonds. The van der Waals surface area contributed by atoms with Crippen molar-refractivity contribution in [1.29, 1.82) is 0 Å². The maximum atomic E-state index is 12.4. The molecule has 1 aliphatic rings. The van der Waals surface area contributed by atoms with Crippen molar-refractivity contribution in [2.45, 2.75) is 52.4 Å². The van der Waals surface area contributed by atoms with Gasteiger partial charge in [0.05, 0.1) is 11.7 Å². The second-order valence-electron chi connectivity index (χ2n) is 6.60. The molecule has 3 rings (SSSR count). The summed E-state index contributed by atoms with van der Waals surface area (Å²) in [4.78, 5) is 18.7. The van der Waals surface area contributed by atoms with E-state index in [1.807, 2.05) is 17.7 Å². The fourth-order valence-corrected chi connectivity index (χ4v) is 2.91. The van der Waals surface area contributed by atoms with Gasteiger partial charge in [0.25, 0.3) is 5.91 Å². The van der Waals surface area contributed by atoms with E-state index in [4.69, 9.17) is 0 Å². The monoisotopic (exact) mass is 331 g/mol. The molecule has 0 bridgehead atoms. The smallest absolute Gasteiger partial charge is 0.271 e. The van der Waals surface area contributed by atoms with E-state index in [0.29, 0.717) is 18.3 Å². The Morgan fingerprint density at radius 3 is 2.88 bits per heavy atom. The molecule has 3 heterocycles. The zero-order valence-corrected chi connectivity index (χ0v) is 14.5. The van der Waals surface area contributed by atoms with E-state index >= 15 is 0 Å². The van der Waals surface area contributed by atoms with Crippen LogP contribution in [0.15, 0.2) is 18.7 Å². The van der Waals surface area contributed by atoms with Crippen molar-refractivity contribution in [3.63, 3.8) is 0 Å². The van der Waals surface area contributed by atoms with Crippen molar-refractivity contribution in [2.75, 3.05) is 13.1 Å². The molecule has 0 spiro atoms. The summed E-state index contributed by atoms with van der Waals surface area (Å²) in [6.07, 6.45) is 4.19. The SMILES string of the molecule is CC(C)N1CCCn2nc(C(=O)NCC(C)n3cncn3)cc2C1. The van der Waals surface area contributed by atoms with Gasteiger partial charge in [0.1, 0.15) is 18.3 Å². The lowest BCUT2D eigenvalue weighted by molar-refractivity contribution is 0.0942. The van der Waals surface area contributed by atoms with Crippen LogP contribution in [0.5, 0.6) is 0 Å². The van der Waals surface area contributed by atoms with Gasteiger partial charge in [-0.25, -0.2) is 9.67 Å². The molecular formula is C16H25N7O. The molecule has 130 valence electrons. The summed E-state index contributed by atoms with van der Waals surface area (Å²) < 4.78 is 3.70. The summed E-state index contributed by atoms with van der Waals surface area (Å²) in [6.45, 7) is 9.64. The Hall–Kier alpha value is -2.22. The van der Waals surface area contributed by atoms with Crippen LogP contribution in [0.2, 0.25) is 0 Å². The van der Waals surface area contributed by atoms with Gasteiger partial charge < -0.3 is 5.32 Å². The molecule has 24 heavy (non-hydrogen) atoms. The number of fused-ring (bicyclic) bond motifs is 1. The minimum absolute atomic E-state index is 0.0494. The highest BCUT2D eigenvalue weighted by Gasteiger charge is 2.21. The number of carbonyl (C=O) groups is 1. The molecule has 0 saturated carbocycles. The number of carbonyl (C=O) groups excluding carboxylic acids is 1. The number of nitrogens with one attached hydrogen (secondary N) is 1. The number of rotatable bonds is 5. The average Bonchev–Trinajstić information content (AvgIpc) is 3.18. The van der Waals surface area contributed by atoms with Crippen molar-refractivity contribution in [1.82, 2.24) is 34.8 Å². The standard InChI is InChI=1S/C16H25N7O/c1-12(2)21-5-4-6-22-14(9-21)7-15(20-22)16(24)18-8-13(3)23-11-17-10-19-23/h7,10-13H,4-6,8-9H2,1-3H3,(H,18,24). The molecule has 8 heteroatoms. The Kier molecular flexibility index (Phi) is 4.94. The Bertz CT molecular complexity index is 677. The topological polar surface area (TPSA) is 80.9 Å². The predicted octanol–water partition coefficient (Wildman–Crippen LogP) is 1.08. The van der Waals surface area contributed by atoms with Crippen molar-refractivity contribution < 1.29 is 4.79 Å². The summed E-state index contributed by atoms with van der Waals surface area (Å²) >= 11 is 0. The number of aromatic nitrogens is 5. The number of nitrogens with zero attached hydrogens (tertiary/aromatic N) is 6. The third kappa shape index (κ3) is 3.64. The summed E-state index contributed by atoms with van der Waals surface area (Å²) in [7, 11) is 0. The molecule has 0 aliphatic carbocycles. The summed E-state index contributed by atoms with van der Waals surface area (Å²) in [5.41, 5.74) is 1.59. The van der Waals surface area contributed by atoms with Gasteiger partial charge >= 0.3 is 0 Å². The molecule has 1 unspecified atom stereocenters. The lowest BCUT2D eigenvalue weighted by Gasteiger charge is -2.23. The van der Waals surface area contributed by atoms with Crippen LogP contribution in [0.25, 0.3) is 0 Å². The fourth-order valence-electron chi connectivity index (χ4n) is 2.91. The van der Waals surface area contributed by atoms with Gasteiger partial charge in [-0.05, 0) is 33.3 Å². The van der Waals surface area contributed by atoms with Crippen molar-refractivity contribution >= 4 is 5.91 Å². The van der Waals surface area contributed by atoms with Gasteiger partial charge in [-0.1, -0.05) is 0 Å². The Morgan fingerprint density at radius 1 is 1.33 bits per heavy atom. The Labute approximate surface area is 141 Å². The van der Waals surface area contributed by atoms with Crippen LogP contribution in [0.1, 0.15) is 49.4 Å². The van der Waals surface area contributed by atoms with Crippen LogP contribution in [0.4, 0.5) is 0 Å². The summed E-state index contributed by atoms with van der Waals surface area (Å²) in [5.74, 6) is -0.140. The van der Waals surface area contributed by atoms with Crippen LogP contribution in [-0.4, -0.2) is 54.5 Å². The molecule has 2 aromatic rings. The van der Waals surface area contributed by atoms with E-state index in [1.54, 1.807) is 11.0 Å². The predicted molar refractivity (Wildman–Crippen MR) is 89.5 cm³/mol. The van der Waals surface area contributed by atoms with E-state index in [9.17, 15) is 4.79 Å². The first kappa shape index (κ1) is 16.6. The first-order valence-electron chi connectivity index (χ1n) is 8.47. The highest BCUT2D eigenvalue weighted by molar-refractivity contribution is 5.92. The minimum atomic E-state index is -0.140. The Morgan fingerprint density at radius 2 is 2.17 bits per heavy atom. The van der Waals surface area contributed by atoms with Crippen LogP contribution < -0.4 is 5.32 Å². The summed E-state index contributed by atoms with van der Waals surface area (Å²) in [6, 6.07) is 2.46. The van der Waals surface area contributed by atoms with Gasteiger partial charge in [0.15, 0.2) is 0 Å². The van der Waals surface area contributed by atoms with Crippen LogP contribution >= 0.6 is 0 Å². The van der Waals surface area contributed by atoms with Crippen LogP contribution in [-0.2, 0) is 13.1 Å². The first-order chi connectivity index (χ1) is 11.5. The maximum absolute atomic E-state index is 12.4. The molecule has 2 aromatic heterocycles. The number of aryl methyl sites for hydroxylation is 1. The van der Waals surface area contributed by atoms with Crippen LogP contribution in [0.3, 0.4) is 0 Å². The van der Waals surface area contributed by atoms with E-state index in [2.05, 4.69) is 39.2 Å². The maximum Gasteiger partial charge on any atom is 0.271 e. The third-order valence-electron chi connectivity index (χ3n) is 4.45. The highest BCUT2D eigenvalue weighted by atomic mass is 16.1.